The van der Waals surface area contributed by atoms with Gasteiger partial charge in [0.15, 0.2) is 0 Å². The zero-order valence-corrected chi connectivity index (χ0v) is 12.7. The molecule has 1 aromatic rings. The molecule has 2 fully saturated rings. The average molecular weight is 288 g/mol. The molecule has 2 aliphatic carbocycles. The Labute approximate surface area is 126 Å². The van der Waals surface area contributed by atoms with E-state index in [1.54, 1.807) is 6.07 Å². The SMILES string of the molecule is CCOC(=O)c1ccc(N(CC2CC2)CC2CC2)c(N)c1. The van der Waals surface area contributed by atoms with Crippen LogP contribution >= 0.6 is 0 Å². The van der Waals surface area contributed by atoms with Crippen molar-refractivity contribution in [3.05, 3.63) is 23.8 Å². The lowest BCUT2D eigenvalue weighted by molar-refractivity contribution is 0.0526. The zero-order valence-electron chi connectivity index (χ0n) is 12.7. The summed E-state index contributed by atoms with van der Waals surface area (Å²) in [5.41, 5.74) is 8.49. The van der Waals surface area contributed by atoms with Crippen LogP contribution in [0.4, 0.5) is 11.4 Å². The van der Waals surface area contributed by atoms with Crippen molar-refractivity contribution in [3.63, 3.8) is 0 Å². The molecule has 0 unspecified atom stereocenters. The van der Waals surface area contributed by atoms with Crippen molar-refractivity contribution in [2.45, 2.75) is 32.6 Å². The topological polar surface area (TPSA) is 55.6 Å². The third kappa shape index (κ3) is 3.69. The van der Waals surface area contributed by atoms with Crippen LogP contribution in [0.15, 0.2) is 18.2 Å². The molecule has 2 saturated carbocycles. The fourth-order valence-electron chi connectivity index (χ4n) is 2.68. The number of nitrogen functional groups attached to an aromatic ring is 1. The van der Waals surface area contributed by atoms with E-state index in [1.165, 1.54) is 25.7 Å². The fourth-order valence-corrected chi connectivity index (χ4v) is 2.68. The fraction of sp³-hybridized carbons (Fsp3) is 0.588. The van der Waals surface area contributed by atoms with Crippen LogP contribution in [0, 0.1) is 11.8 Å². The molecule has 1 aromatic carbocycles. The summed E-state index contributed by atoms with van der Waals surface area (Å²) >= 11 is 0. The summed E-state index contributed by atoms with van der Waals surface area (Å²) in [5, 5.41) is 0. The molecule has 0 amide bonds. The van der Waals surface area contributed by atoms with Gasteiger partial charge in [-0.05, 0) is 62.6 Å². The highest BCUT2D eigenvalue weighted by molar-refractivity contribution is 5.92. The lowest BCUT2D eigenvalue weighted by atomic mass is 10.1. The van der Waals surface area contributed by atoms with E-state index in [-0.39, 0.29) is 5.97 Å². The molecular formula is C17H24N2O2. The van der Waals surface area contributed by atoms with Crippen LogP contribution in [0.25, 0.3) is 0 Å². The maximum Gasteiger partial charge on any atom is 0.338 e. The standard InChI is InChI=1S/C17H24N2O2/c1-2-21-17(20)14-7-8-16(15(18)9-14)19(10-12-3-4-12)11-13-5-6-13/h7-9,12-13H,2-6,10-11,18H2,1H3. The molecule has 0 saturated heterocycles. The number of ether oxygens (including phenoxy) is 1. The Morgan fingerprint density at radius 3 is 2.33 bits per heavy atom. The first-order chi connectivity index (χ1) is 10.2. The van der Waals surface area contributed by atoms with E-state index in [9.17, 15) is 4.79 Å². The third-order valence-corrected chi connectivity index (χ3v) is 4.23. The first-order valence-electron chi connectivity index (χ1n) is 7.99. The first-order valence-corrected chi connectivity index (χ1v) is 7.99. The molecule has 4 nitrogen and oxygen atoms in total. The summed E-state index contributed by atoms with van der Waals surface area (Å²) in [5.74, 6) is 1.35. The van der Waals surface area contributed by atoms with Crippen molar-refractivity contribution in [3.8, 4) is 0 Å². The van der Waals surface area contributed by atoms with Gasteiger partial charge in [-0.3, -0.25) is 0 Å². The van der Waals surface area contributed by atoms with Gasteiger partial charge in [0.1, 0.15) is 0 Å². The highest BCUT2D eigenvalue weighted by atomic mass is 16.5. The summed E-state index contributed by atoms with van der Waals surface area (Å²) in [4.78, 5) is 14.2. The van der Waals surface area contributed by atoms with Gasteiger partial charge in [0.2, 0.25) is 0 Å². The predicted octanol–water partition coefficient (Wildman–Crippen LogP) is 3.07. The molecule has 0 bridgehead atoms. The van der Waals surface area contributed by atoms with Gasteiger partial charge in [-0.1, -0.05) is 0 Å². The second-order valence-electron chi connectivity index (χ2n) is 6.29. The highest BCUT2D eigenvalue weighted by Crippen LogP contribution is 2.37. The Kier molecular flexibility index (Phi) is 4.04. The van der Waals surface area contributed by atoms with Crippen molar-refractivity contribution in [2.24, 2.45) is 11.8 Å². The quantitative estimate of drug-likeness (QED) is 0.619. The average Bonchev–Trinajstić information content (AvgIpc) is 3.34. The number of nitrogens with two attached hydrogens (primary N) is 1. The number of hydrogen-bond acceptors (Lipinski definition) is 4. The molecule has 2 N–H and O–H groups in total. The van der Waals surface area contributed by atoms with E-state index < -0.39 is 0 Å². The Balaban J connectivity index is 1.76. The van der Waals surface area contributed by atoms with E-state index in [0.717, 1.165) is 30.6 Å². The monoisotopic (exact) mass is 288 g/mol. The Bertz CT molecular complexity index is 508. The Morgan fingerprint density at radius 1 is 1.24 bits per heavy atom. The number of benzene rings is 1. The number of carbonyl (C=O) groups excluding carboxylic acids is 1. The van der Waals surface area contributed by atoms with Crippen molar-refractivity contribution >= 4 is 17.3 Å². The van der Waals surface area contributed by atoms with Gasteiger partial charge in [0.25, 0.3) is 0 Å². The molecule has 0 aliphatic heterocycles. The number of esters is 1. The smallest absolute Gasteiger partial charge is 0.338 e. The maximum absolute atomic E-state index is 11.8. The van der Waals surface area contributed by atoms with Crippen LogP contribution in [0.5, 0.6) is 0 Å². The molecule has 114 valence electrons. The maximum atomic E-state index is 11.8. The van der Waals surface area contributed by atoms with Gasteiger partial charge >= 0.3 is 5.97 Å². The number of rotatable bonds is 7. The van der Waals surface area contributed by atoms with Gasteiger partial charge in [0.05, 0.1) is 23.5 Å². The van der Waals surface area contributed by atoms with Gasteiger partial charge in [0, 0.05) is 13.1 Å². The predicted molar refractivity (Wildman–Crippen MR) is 84.5 cm³/mol. The lowest BCUT2D eigenvalue weighted by Crippen LogP contribution is -2.29. The summed E-state index contributed by atoms with van der Waals surface area (Å²) in [6.07, 6.45) is 5.34. The minimum absolute atomic E-state index is 0.299. The number of hydrogen-bond donors (Lipinski definition) is 1. The van der Waals surface area contributed by atoms with Crippen LogP contribution in [-0.4, -0.2) is 25.7 Å². The van der Waals surface area contributed by atoms with Crippen LogP contribution in [0.3, 0.4) is 0 Å². The summed E-state index contributed by atoms with van der Waals surface area (Å²) < 4.78 is 5.02. The van der Waals surface area contributed by atoms with Crippen molar-refractivity contribution < 1.29 is 9.53 Å². The normalized spacial score (nSPS) is 17.6. The largest absolute Gasteiger partial charge is 0.462 e. The number of anilines is 2. The van der Waals surface area contributed by atoms with Crippen LogP contribution in [0.1, 0.15) is 43.0 Å². The second kappa shape index (κ2) is 5.96. The minimum atomic E-state index is -0.299. The molecule has 2 aliphatic rings. The van der Waals surface area contributed by atoms with Gasteiger partial charge in [-0.15, -0.1) is 0 Å². The molecule has 21 heavy (non-hydrogen) atoms. The molecular weight excluding hydrogens is 264 g/mol. The van der Waals surface area contributed by atoms with Gasteiger partial charge in [-0.25, -0.2) is 4.79 Å². The van der Waals surface area contributed by atoms with Crippen LogP contribution in [0.2, 0.25) is 0 Å². The summed E-state index contributed by atoms with van der Waals surface area (Å²) in [6, 6.07) is 5.56. The van der Waals surface area contributed by atoms with Gasteiger partial charge in [-0.2, -0.15) is 0 Å². The van der Waals surface area contributed by atoms with E-state index in [2.05, 4.69) is 4.90 Å². The third-order valence-electron chi connectivity index (χ3n) is 4.23. The van der Waals surface area contributed by atoms with Crippen LogP contribution < -0.4 is 10.6 Å². The van der Waals surface area contributed by atoms with Crippen molar-refractivity contribution in [1.82, 2.24) is 0 Å². The molecule has 0 aromatic heterocycles. The van der Waals surface area contributed by atoms with E-state index in [4.69, 9.17) is 10.5 Å². The van der Waals surface area contributed by atoms with Gasteiger partial charge < -0.3 is 15.4 Å². The van der Waals surface area contributed by atoms with E-state index in [0.29, 0.717) is 17.9 Å². The van der Waals surface area contributed by atoms with E-state index in [1.807, 2.05) is 19.1 Å². The zero-order chi connectivity index (χ0) is 14.8. The van der Waals surface area contributed by atoms with E-state index >= 15 is 0 Å². The highest BCUT2D eigenvalue weighted by Gasteiger charge is 2.30. The molecule has 0 spiro atoms. The van der Waals surface area contributed by atoms with Crippen LogP contribution in [-0.2, 0) is 4.74 Å². The second-order valence-corrected chi connectivity index (χ2v) is 6.29. The summed E-state index contributed by atoms with van der Waals surface area (Å²) in [7, 11) is 0. The molecule has 4 heteroatoms. The molecule has 0 atom stereocenters. The number of nitrogens with zero attached hydrogens (tertiary/aromatic N) is 1. The summed E-state index contributed by atoms with van der Waals surface area (Å²) in [6.45, 7) is 4.39. The van der Waals surface area contributed by atoms with Crippen molar-refractivity contribution in [2.75, 3.05) is 30.3 Å². The molecule has 0 radical (unpaired) electrons. The Hall–Kier alpha value is -1.71. The minimum Gasteiger partial charge on any atom is -0.462 e. The Morgan fingerprint density at radius 2 is 1.86 bits per heavy atom. The molecule has 3 rings (SSSR count). The first kappa shape index (κ1) is 14.2. The molecule has 0 heterocycles. The lowest BCUT2D eigenvalue weighted by Gasteiger charge is -2.26. The van der Waals surface area contributed by atoms with Crippen molar-refractivity contribution in [1.29, 1.82) is 0 Å². The number of carbonyl (C=O) groups is 1.